The standard InChI is InChI=1S/C14H21N5S/c1-9(2)14-18-12(15-4)7-13(19-14)16-6-5-11-8-20-10(3)17-11/h7-9H,5-6H2,1-4H3,(H2,15,16,18,19). The van der Waals surface area contributed by atoms with Gasteiger partial charge in [0.25, 0.3) is 0 Å². The highest BCUT2D eigenvalue weighted by Gasteiger charge is 2.07. The van der Waals surface area contributed by atoms with Crippen LogP contribution < -0.4 is 10.6 Å². The van der Waals surface area contributed by atoms with Crippen molar-refractivity contribution < 1.29 is 0 Å². The van der Waals surface area contributed by atoms with E-state index in [2.05, 4.69) is 44.8 Å². The van der Waals surface area contributed by atoms with E-state index in [0.717, 1.165) is 41.1 Å². The molecule has 2 aromatic rings. The van der Waals surface area contributed by atoms with Crippen molar-refractivity contribution in [3.05, 3.63) is 28.0 Å². The molecular weight excluding hydrogens is 270 g/mol. The number of nitrogens with one attached hydrogen (secondary N) is 2. The van der Waals surface area contributed by atoms with Gasteiger partial charge in [0.15, 0.2) is 0 Å². The Morgan fingerprint density at radius 2 is 1.95 bits per heavy atom. The molecule has 20 heavy (non-hydrogen) atoms. The monoisotopic (exact) mass is 291 g/mol. The third kappa shape index (κ3) is 3.90. The summed E-state index contributed by atoms with van der Waals surface area (Å²) in [6, 6.07) is 1.93. The smallest absolute Gasteiger partial charge is 0.135 e. The van der Waals surface area contributed by atoms with Gasteiger partial charge >= 0.3 is 0 Å². The quantitative estimate of drug-likeness (QED) is 0.856. The van der Waals surface area contributed by atoms with Crippen LogP contribution in [-0.4, -0.2) is 28.5 Å². The zero-order valence-corrected chi connectivity index (χ0v) is 13.2. The molecule has 0 amide bonds. The van der Waals surface area contributed by atoms with Crippen molar-refractivity contribution in [1.82, 2.24) is 15.0 Å². The number of anilines is 2. The van der Waals surface area contributed by atoms with Crippen molar-refractivity contribution in [3.63, 3.8) is 0 Å². The molecule has 2 rings (SSSR count). The van der Waals surface area contributed by atoms with E-state index in [0.29, 0.717) is 5.92 Å². The number of aryl methyl sites for hydroxylation is 1. The summed E-state index contributed by atoms with van der Waals surface area (Å²) in [5, 5.41) is 9.64. The molecule has 0 saturated carbocycles. The van der Waals surface area contributed by atoms with Crippen LogP contribution in [0.15, 0.2) is 11.4 Å². The van der Waals surface area contributed by atoms with Crippen LogP contribution in [0.2, 0.25) is 0 Å². The molecule has 5 nitrogen and oxygen atoms in total. The normalized spacial score (nSPS) is 10.8. The van der Waals surface area contributed by atoms with Crippen molar-refractivity contribution in [2.75, 3.05) is 24.2 Å². The number of nitrogens with zero attached hydrogens (tertiary/aromatic N) is 3. The number of aromatic nitrogens is 3. The fourth-order valence-electron chi connectivity index (χ4n) is 1.78. The first-order valence-corrected chi connectivity index (χ1v) is 7.68. The average Bonchev–Trinajstić information content (AvgIpc) is 2.84. The molecule has 0 fully saturated rings. The van der Waals surface area contributed by atoms with Crippen molar-refractivity contribution in [2.45, 2.75) is 33.1 Å². The summed E-state index contributed by atoms with van der Waals surface area (Å²) < 4.78 is 0. The Bertz CT molecular complexity index is 564. The van der Waals surface area contributed by atoms with E-state index in [9.17, 15) is 0 Å². The summed E-state index contributed by atoms with van der Waals surface area (Å²) in [6.07, 6.45) is 0.903. The Kier molecular flexibility index (Phi) is 4.89. The molecule has 0 aliphatic rings. The fourth-order valence-corrected chi connectivity index (χ4v) is 2.43. The molecule has 2 aromatic heterocycles. The average molecular weight is 291 g/mol. The van der Waals surface area contributed by atoms with Gasteiger partial charge in [-0.25, -0.2) is 15.0 Å². The third-order valence-electron chi connectivity index (χ3n) is 2.87. The molecule has 0 bridgehead atoms. The summed E-state index contributed by atoms with van der Waals surface area (Å²) in [5.74, 6) is 2.87. The molecule has 0 unspecified atom stereocenters. The molecule has 0 aromatic carbocycles. The minimum atomic E-state index is 0.310. The summed E-state index contributed by atoms with van der Waals surface area (Å²) >= 11 is 1.69. The largest absolute Gasteiger partial charge is 0.373 e. The topological polar surface area (TPSA) is 62.7 Å². The van der Waals surface area contributed by atoms with Crippen LogP contribution in [0, 0.1) is 6.92 Å². The molecular formula is C14H21N5S. The minimum absolute atomic E-state index is 0.310. The molecule has 2 heterocycles. The van der Waals surface area contributed by atoms with E-state index in [1.54, 1.807) is 11.3 Å². The van der Waals surface area contributed by atoms with Crippen molar-refractivity contribution in [2.24, 2.45) is 0 Å². The second-order valence-electron chi connectivity index (χ2n) is 4.94. The van der Waals surface area contributed by atoms with Crippen LogP contribution in [0.5, 0.6) is 0 Å². The molecule has 0 atom stereocenters. The van der Waals surface area contributed by atoms with Gasteiger partial charge in [-0.2, -0.15) is 0 Å². The maximum atomic E-state index is 4.54. The predicted molar refractivity (Wildman–Crippen MR) is 84.7 cm³/mol. The molecule has 0 aliphatic heterocycles. The maximum Gasteiger partial charge on any atom is 0.135 e. The van der Waals surface area contributed by atoms with Gasteiger partial charge in [-0.05, 0) is 6.92 Å². The van der Waals surface area contributed by atoms with E-state index in [-0.39, 0.29) is 0 Å². The second kappa shape index (κ2) is 6.65. The summed E-state index contributed by atoms with van der Waals surface area (Å²) in [4.78, 5) is 13.4. The lowest BCUT2D eigenvalue weighted by Gasteiger charge is -2.11. The van der Waals surface area contributed by atoms with Gasteiger partial charge in [-0.1, -0.05) is 13.8 Å². The molecule has 108 valence electrons. The van der Waals surface area contributed by atoms with Crippen LogP contribution in [0.25, 0.3) is 0 Å². The lowest BCUT2D eigenvalue weighted by Crippen LogP contribution is -2.10. The van der Waals surface area contributed by atoms with Gasteiger partial charge < -0.3 is 10.6 Å². The first-order valence-electron chi connectivity index (χ1n) is 6.80. The number of hydrogen-bond acceptors (Lipinski definition) is 6. The predicted octanol–water partition coefficient (Wildman–Crippen LogP) is 3.06. The number of rotatable bonds is 6. The Morgan fingerprint density at radius 3 is 2.55 bits per heavy atom. The van der Waals surface area contributed by atoms with Gasteiger partial charge in [-0.15, -0.1) is 11.3 Å². The Morgan fingerprint density at radius 1 is 1.20 bits per heavy atom. The first kappa shape index (κ1) is 14.7. The zero-order valence-electron chi connectivity index (χ0n) is 12.4. The summed E-state index contributed by atoms with van der Waals surface area (Å²) in [7, 11) is 1.87. The number of thiazole rings is 1. The highest BCUT2D eigenvalue weighted by Crippen LogP contribution is 2.16. The van der Waals surface area contributed by atoms with Gasteiger partial charge in [0.2, 0.25) is 0 Å². The highest BCUT2D eigenvalue weighted by molar-refractivity contribution is 7.09. The Labute approximate surface area is 123 Å². The van der Waals surface area contributed by atoms with E-state index >= 15 is 0 Å². The molecule has 0 saturated heterocycles. The molecule has 6 heteroatoms. The summed E-state index contributed by atoms with van der Waals surface area (Å²) in [6.45, 7) is 7.04. The first-order chi connectivity index (χ1) is 9.58. The van der Waals surface area contributed by atoms with Crippen LogP contribution in [0.1, 0.15) is 36.3 Å². The molecule has 0 radical (unpaired) electrons. The van der Waals surface area contributed by atoms with Crippen molar-refractivity contribution in [1.29, 1.82) is 0 Å². The Hall–Kier alpha value is -1.69. The zero-order chi connectivity index (χ0) is 14.5. The van der Waals surface area contributed by atoms with Crippen molar-refractivity contribution in [3.8, 4) is 0 Å². The van der Waals surface area contributed by atoms with E-state index in [1.807, 2.05) is 20.0 Å². The maximum absolute atomic E-state index is 4.54. The van der Waals surface area contributed by atoms with Gasteiger partial charge in [0.1, 0.15) is 17.5 Å². The van der Waals surface area contributed by atoms with Gasteiger partial charge in [0, 0.05) is 37.4 Å². The van der Waals surface area contributed by atoms with E-state index < -0.39 is 0 Å². The SMILES string of the molecule is CNc1cc(NCCc2csc(C)n2)nc(C(C)C)n1. The van der Waals surface area contributed by atoms with Crippen LogP contribution >= 0.6 is 11.3 Å². The third-order valence-corrected chi connectivity index (χ3v) is 3.69. The molecule has 2 N–H and O–H groups in total. The minimum Gasteiger partial charge on any atom is -0.373 e. The fraction of sp³-hybridized carbons (Fsp3) is 0.500. The van der Waals surface area contributed by atoms with Crippen LogP contribution in [0.4, 0.5) is 11.6 Å². The number of hydrogen-bond donors (Lipinski definition) is 2. The van der Waals surface area contributed by atoms with Crippen LogP contribution in [0.3, 0.4) is 0 Å². The lowest BCUT2D eigenvalue weighted by molar-refractivity contribution is 0.775. The van der Waals surface area contributed by atoms with E-state index in [4.69, 9.17) is 0 Å². The Balaban J connectivity index is 1.99. The highest BCUT2D eigenvalue weighted by atomic mass is 32.1. The summed E-state index contributed by atoms with van der Waals surface area (Å²) in [5.41, 5.74) is 1.13. The lowest BCUT2D eigenvalue weighted by atomic mass is 10.2. The van der Waals surface area contributed by atoms with Gasteiger partial charge in [0.05, 0.1) is 10.7 Å². The molecule has 0 spiro atoms. The van der Waals surface area contributed by atoms with E-state index in [1.165, 1.54) is 0 Å². The van der Waals surface area contributed by atoms with Crippen molar-refractivity contribution >= 4 is 23.0 Å². The molecule has 0 aliphatic carbocycles. The van der Waals surface area contributed by atoms with Gasteiger partial charge in [-0.3, -0.25) is 0 Å². The second-order valence-corrected chi connectivity index (χ2v) is 6.00. The van der Waals surface area contributed by atoms with Crippen LogP contribution in [-0.2, 0) is 6.42 Å².